The summed E-state index contributed by atoms with van der Waals surface area (Å²) in [6.45, 7) is 0. The molecular weight excluding hydrogens is 572 g/mol. The van der Waals surface area contributed by atoms with Gasteiger partial charge in [0, 0.05) is 38.4 Å². The van der Waals surface area contributed by atoms with Crippen molar-refractivity contribution in [2.75, 3.05) is 0 Å². The molecule has 0 amide bonds. The highest BCUT2D eigenvalue weighted by atomic mass is 16.3. The first-order chi connectivity index (χ1) is 23.3. The SMILES string of the molecule is c1ccc(-c2cc(-c3cccc(-c4cc5c6cccc(-c7ccccc7)c6oc5c5ccccc45)c3)nc(-c3ccccc3)n2)cc1. The van der Waals surface area contributed by atoms with Crippen LogP contribution in [0.5, 0.6) is 0 Å². The number of aromatic nitrogens is 2. The Kier molecular flexibility index (Phi) is 6.46. The third-order valence-electron chi connectivity index (χ3n) is 8.89. The fourth-order valence-electron chi connectivity index (χ4n) is 6.62. The van der Waals surface area contributed by atoms with Crippen molar-refractivity contribution < 1.29 is 4.42 Å². The van der Waals surface area contributed by atoms with Crippen LogP contribution in [0.3, 0.4) is 0 Å². The monoisotopic (exact) mass is 600 g/mol. The number of benzene rings is 7. The molecule has 7 aromatic carbocycles. The first-order valence-corrected chi connectivity index (χ1v) is 15.8. The van der Waals surface area contributed by atoms with Gasteiger partial charge in [-0.3, -0.25) is 0 Å². The molecule has 3 nitrogen and oxygen atoms in total. The van der Waals surface area contributed by atoms with E-state index >= 15 is 0 Å². The van der Waals surface area contributed by atoms with Crippen LogP contribution < -0.4 is 0 Å². The molecule has 2 aromatic heterocycles. The summed E-state index contributed by atoms with van der Waals surface area (Å²) in [5, 5.41) is 4.47. The highest BCUT2D eigenvalue weighted by Gasteiger charge is 2.18. The first-order valence-electron chi connectivity index (χ1n) is 15.8. The van der Waals surface area contributed by atoms with Crippen LogP contribution in [0.25, 0.3) is 88.9 Å². The topological polar surface area (TPSA) is 38.9 Å². The quantitative estimate of drug-likeness (QED) is 0.197. The second-order valence-electron chi connectivity index (χ2n) is 11.8. The van der Waals surface area contributed by atoms with E-state index < -0.39 is 0 Å². The molecule has 0 bridgehead atoms. The lowest BCUT2D eigenvalue weighted by molar-refractivity contribution is 0.674. The summed E-state index contributed by atoms with van der Waals surface area (Å²) in [5.74, 6) is 0.707. The van der Waals surface area contributed by atoms with E-state index in [2.05, 4.69) is 127 Å². The minimum atomic E-state index is 0.707. The zero-order valence-corrected chi connectivity index (χ0v) is 25.5. The highest BCUT2D eigenvalue weighted by molar-refractivity contribution is 6.20. The van der Waals surface area contributed by atoms with E-state index in [0.29, 0.717) is 5.82 Å². The minimum Gasteiger partial charge on any atom is -0.455 e. The molecule has 0 aliphatic rings. The van der Waals surface area contributed by atoms with Crippen LogP contribution in [0, 0.1) is 0 Å². The van der Waals surface area contributed by atoms with Gasteiger partial charge in [-0.2, -0.15) is 0 Å². The zero-order chi connectivity index (χ0) is 31.2. The van der Waals surface area contributed by atoms with Gasteiger partial charge >= 0.3 is 0 Å². The molecule has 9 aromatic rings. The Morgan fingerprint density at radius 3 is 1.60 bits per heavy atom. The fraction of sp³-hybridized carbons (Fsp3) is 0. The average Bonchev–Trinajstić information content (AvgIpc) is 3.55. The maximum Gasteiger partial charge on any atom is 0.160 e. The lowest BCUT2D eigenvalue weighted by atomic mass is 9.93. The van der Waals surface area contributed by atoms with Crippen molar-refractivity contribution in [1.29, 1.82) is 0 Å². The van der Waals surface area contributed by atoms with Gasteiger partial charge in [0.25, 0.3) is 0 Å². The van der Waals surface area contributed by atoms with E-state index in [1.807, 2.05) is 42.5 Å². The Morgan fingerprint density at radius 1 is 0.319 bits per heavy atom. The molecule has 0 saturated carbocycles. The smallest absolute Gasteiger partial charge is 0.160 e. The Balaban J connectivity index is 1.24. The van der Waals surface area contributed by atoms with Crippen LogP contribution in [0.15, 0.2) is 174 Å². The van der Waals surface area contributed by atoms with E-state index in [9.17, 15) is 0 Å². The van der Waals surface area contributed by atoms with Crippen molar-refractivity contribution in [3.8, 4) is 56.2 Å². The molecule has 47 heavy (non-hydrogen) atoms. The van der Waals surface area contributed by atoms with Crippen molar-refractivity contribution in [2.24, 2.45) is 0 Å². The highest BCUT2D eigenvalue weighted by Crippen LogP contribution is 2.43. The van der Waals surface area contributed by atoms with Crippen molar-refractivity contribution in [3.63, 3.8) is 0 Å². The molecule has 0 N–H and O–H groups in total. The van der Waals surface area contributed by atoms with E-state index in [4.69, 9.17) is 14.4 Å². The molecular formula is C44H28N2O. The van der Waals surface area contributed by atoms with Gasteiger partial charge in [-0.25, -0.2) is 9.97 Å². The van der Waals surface area contributed by atoms with E-state index in [-0.39, 0.29) is 0 Å². The predicted molar refractivity (Wildman–Crippen MR) is 194 cm³/mol. The molecule has 0 unspecified atom stereocenters. The molecule has 0 spiro atoms. The molecule has 0 atom stereocenters. The number of para-hydroxylation sites is 1. The first kappa shape index (κ1) is 27.0. The number of hydrogen-bond acceptors (Lipinski definition) is 3. The number of nitrogens with zero attached hydrogens (tertiary/aromatic N) is 2. The second-order valence-corrected chi connectivity index (χ2v) is 11.8. The Labute approximate surface area is 272 Å². The summed E-state index contributed by atoms with van der Waals surface area (Å²) in [6.07, 6.45) is 0. The lowest BCUT2D eigenvalue weighted by Crippen LogP contribution is -1.96. The van der Waals surface area contributed by atoms with Crippen LogP contribution >= 0.6 is 0 Å². The molecule has 0 fully saturated rings. The van der Waals surface area contributed by atoms with E-state index in [1.165, 1.54) is 0 Å². The van der Waals surface area contributed by atoms with Gasteiger partial charge in [0.1, 0.15) is 11.2 Å². The zero-order valence-electron chi connectivity index (χ0n) is 25.5. The Hall–Kier alpha value is -6.32. The number of hydrogen-bond donors (Lipinski definition) is 0. The molecule has 220 valence electrons. The van der Waals surface area contributed by atoms with Gasteiger partial charge in [0.15, 0.2) is 5.82 Å². The molecule has 0 aliphatic heterocycles. The standard InChI is InChI=1S/C44H28N2O/c1-4-14-29(15-5-1)34-24-13-25-37-39-27-38(35-22-10-11-23-36(35)43(39)47-42(34)37)32-20-12-21-33(26-32)41-28-40(30-16-6-2-7-17-30)45-44(46-41)31-18-8-3-9-19-31/h1-28H. The number of furan rings is 1. The predicted octanol–water partition coefficient (Wildman–Crippen LogP) is 11.9. The van der Waals surface area contributed by atoms with E-state index in [0.717, 1.165) is 83.0 Å². The normalized spacial score (nSPS) is 11.4. The molecule has 0 saturated heterocycles. The summed E-state index contributed by atoms with van der Waals surface area (Å²) in [6, 6.07) is 59.0. The molecule has 0 aliphatic carbocycles. The molecule has 2 heterocycles. The van der Waals surface area contributed by atoms with Gasteiger partial charge in [0.05, 0.1) is 11.4 Å². The summed E-state index contributed by atoms with van der Waals surface area (Å²) in [7, 11) is 0. The maximum absolute atomic E-state index is 6.73. The van der Waals surface area contributed by atoms with Crippen molar-refractivity contribution in [2.45, 2.75) is 0 Å². The van der Waals surface area contributed by atoms with Gasteiger partial charge < -0.3 is 4.42 Å². The van der Waals surface area contributed by atoms with Gasteiger partial charge in [-0.1, -0.05) is 152 Å². The fourth-order valence-corrected chi connectivity index (χ4v) is 6.62. The minimum absolute atomic E-state index is 0.707. The van der Waals surface area contributed by atoms with Gasteiger partial charge in [-0.15, -0.1) is 0 Å². The van der Waals surface area contributed by atoms with Crippen LogP contribution in [0.2, 0.25) is 0 Å². The summed E-state index contributed by atoms with van der Waals surface area (Å²) in [4.78, 5) is 10.1. The number of fused-ring (bicyclic) bond motifs is 5. The van der Waals surface area contributed by atoms with Gasteiger partial charge in [-0.05, 0) is 40.3 Å². The van der Waals surface area contributed by atoms with Crippen LogP contribution in [-0.2, 0) is 0 Å². The second kappa shape index (κ2) is 11.2. The maximum atomic E-state index is 6.73. The van der Waals surface area contributed by atoms with Crippen LogP contribution in [-0.4, -0.2) is 9.97 Å². The largest absolute Gasteiger partial charge is 0.455 e. The summed E-state index contributed by atoms with van der Waals surface area (Å²) >= 11 is 0. The lowest BCUT2D eigenvalue weighted by Gasteiger charge is -2.12. The molecule has 9 rings (SSSR count). The Morgan fingerprint density at radius 2 is 0.851 bits per heavy atom. The van der Waals surface area contributed by atoms with Crippen molar-refractivity contribution >= 4 is 32.7 Å². The molecule has 3 heteroatoms. The van der Waals surface area contributed by atoms with Crippen molar-refractivity contribution in [3.05, 3.63) is 170 Å². The summed E-state index contributed by atoms with van der Waals surface area (Å²) < 4.78 is 6.73. The Bertz CT molecular complexity index is 2500. The van der Waals surface area contributed by atoms with Crippen LogP contribution in [0.1, 0.15) is 0 Å². The number of rotatable bonds is 5. The summed E-state index contributed by atoms with van der Waals surface area (Å²) in [5.41, 5.74) is 11.2. The third kappa shape index (κ3) is 4.77. The van der Waals surface area contributed by atoms with E-state index in [1.54, 1.807) is 0 Å². The average molecular weight is 601 g/mol. The third-order valence-corrected chi connectivity index (χ3v) is 8.89. The van der Waals surface area contributed by atoms with Crippen LogP contribution in [0.4, 0.5) is 0 Å². The molecule has 0 radical (unpaired) electrons. The van der Waals surface area contributed by atoms with Crippen molar-refractivity contribution in [1.82, 2.24) is 9.97 Å². The van der Waals surface area contributed by atoms with Gasteiger partial charge in [0.2, 0.25) is 0 Å².